The molecule has 0 amide bonds. The lowest BCUT2D eigenvalue weighted by Gasteiger charge is -2.15. The average molecular weight is 235 g/mol. The predicted molar refractivity (Wildman–Crippen MR) is 64.9 cm³/mol. The lowest BCUT2D eigenvalue weighted by atomic mass is 10.0. The molecule has 0 aromatic carbocycles. The molecule has 0 spiro atoms. The molecule has 1 saturated carbocycles. The molecule has 1 aliphatic rings. The molecule has 1 aliphatic carbocycles. The third kappa shape index (κ3) is 2.79. The molecule has 17 heavy (non-hydrogen) atoms. The summed E-state index contributed by atoms with van der Waals surface area (Å²) in [4.78, 5) is 14.4. The van der Waals surface area contributed by atoms with Gasteiger partial charge in [0.2, 0.25) is 0 Å². The second-order valence-electron chi connectivity index (χ2n) is 4.65. The van der Waals surface area contributed by atoms with Crippen LogP contribution in [0.1, 0.15) is 24.1 Å². The number of aromatic nitrogens is 1. The molecular formula is C12H17N3O2. The van der Waals surface area contributed by atoms with Crippen LogP contribution in [0.2, 0.25) is 0 Å². The molecule has 0 bridgehead atoms. The zero-order chi connectivity index (χ0) is 12.4. The van der Waals surface area contributed by atoms with Crippen LogP contribution in [0, 0.1) is 23.0 Å². The maximum atomic E-state index is 10.6. The third-order valence-electron chi connectivity index (χ3n) is 3.36. The number of aryl methyl sites for hydroxylation is 1. The van der Waals surface area contributed by atoms with Crippen molar-refractivity contribution < 1.29 is 4.92 Å². The number of rotatable bonds is 5. The smallest absolute Gasteiger partial charge is 0.287 e. The van der Waals surface area contributed by atoms with Crippen molar-refractivity contribution in [2.45, 2.75) is 32.2 Å². The Morgan fingerprint density at radius 3 is 2.82 bits per heavy atom. The summed E-state index contributed by atoms with van der Waals surface area (Å²) in [6, 6.07) is 2.05. The van der Waals surface area contributed by atoms with Gasteiger partial charge in [-0.3, -0.25) is 15.1 Å². The molecule has 2 rings (SSSR count). The van der Waals surface area contributed by atoms with E-state index in [-0.39, 0.29) is 5.69 Å². The molecule has 92 valence electrons. The Morgan fingerprint density at radius 2 is 2.35 bits per heavy atom. The predicted octanol–water partition coefficient (Wildman–Crippen LogP) is 1.84. The topological polar surface area (TPSA) is 68.1 Å². The molecule has 0 radical (unpaired) electrons. The maximum Gasteiger partial charge on any atom is 0.287 e. The molecular weight excluding hydrogens is 218 g/mol. The van der Waals surface area contributed by atoms with E-state index in [0.29, 0.717) is 6.04 Å². The largest absolute Gasteiger partial charge is 0.316 e. The molecule has 1 heterocycles. The Labute approximate surface area is 100 Å². The molecule has 1 unspecified atom stereocenters. The summed E-state index contributed by atoms with van der Waals surface area (Å²) >= 11 is 0. The van der Waals surface area contributed by atoms with E-state index < -0.39 is 4.92 Å². The van der Waals surface area contributed by atoms with Crippen LogP contribution >= 0.6 is 0 Å². The highest BCUT2D eigenvalue weighted by Gasteiger charge is 2.30. The first-order valence-electron chi connectivity index (χ1n) is 5.89. The SMILES string of the molecule is CNC(Cc1ncc([N+](=O)[O-])cc1C)C1CC1. The van der Waals surface area contributed by atoms with E-state index in [1.165, 1.54) is 19.0 Å². The van der Waals surface area contributed by atoms with Gasteiger partial charge in [-0.05, 0) is 38.3 Å². The lowest BCUT2D eigenvalue weighted by Crippen LogP contribution is -2.30. The Morgan fingerprint density at radius 1 is 1.65 bits per heavy atom. The first-order chi connectivity index (χ1) is 8.11. The van der Waals surface area contributed by atoms with E-state index in [0.717, 1.165) is 23.6 Å². The normalized spacial score (nSPS) is 16.8. The molecule has 1 fully saturated rings. The van der Waals surface area contributed by atoms with Gasteiger partial charge in [0.05, 0.1) is 4.92 Å². The zero-order valence-corrected chi connectivity index (χ0v) is 10.1. The van der Waals surface area contributed by atoms with Crippen molar-refractivity contribution in [2.24, 2.45) is 5.92 Å². The third-order valence-corrected chi connectivity index (χ3v) is 3.36. The van der Waals surface area contributed by atoms with Crippen molar-refractivity contribution in [3.63, 3.8) is 0 Å². The minimum atomic E-state index is -0.403. The molecule has 5 heteroatoms. The van der Waals surface area contributed by atoms with Gasteiger partial charge in [0.1, 0.15) is 6.20 Å². The van der Waals surface area contributed by atoms with Crippen LogP contribution in [0.5, 0.6) is 0 Å². The highest BCUT2D eigenvalue weighted by Crippen LogP contribution is 2.34. The second-order valence-corrected chi connectivity index (χ2v) is 4.65. The highest BCUT2D eigenvalue weighted by atomic mass is 16.6. The summed E-state index contributed by atoms with van der Waals surface area (Å²) in [5.41, 5.74) is 1.93. The summed E-state index contributed by atoms with van der Waals surface area (Å²) in [6.07, 6.45) is 4.75. The molecule has 1 aromatic rings. The number of nitrogens with zero attached hydrogens (tertiary/aromatic N) is 2. The van der Waals surface area contributed by atoms with Gasteiger partial charge in [0.15, 0.2) is 0 Å². The van der Waals surface area contributed by atoms with Crippen LogP contribution in [0.15, 0.2) is 12.3 Å². The summed E-state index contributed by atoms with van der Waals surface area (Å²) in [5, 5.41) is 13.9. The Hall–Kier alpha value is -1.49. The van der Waals surface area contributed by atoms with Crippen molar-refractivity contribution in [2.75, 3.05) is 7.05 Å². The van der Waals surface area contributed by atoms with E-state index in [4.69, 9.17) is 0 Å². The summed E-state index contributed by atoms with van der Waals surface area (Å²) in [5.74, 6) is 0.747. The molecule has 0 saturated heterocycles. The zero-order valence-electron chi connectivity index (χ0n) is 10.1. The molecule has 1 aromatic heterocycles. The van der Waals surface area contributed by atoms with E-state index in [2.05, 4.69) is 10.3 Å². The van der Waals surface area contributed by atoms with Crippen LogP contribution in [-0.2, 0) is 6.42 Å². The highest BCUT2D eigenvalue weighted by molar-refractivity contribution is 5.33. The lowest BCUT2D eigenvalue weighted by molar-refractivity contribution is -0.385. The average Bonchev–Trinajstić information content (AvgIpc) is 3.11. The molecule has 0 aliphatic heterocycles. The minimum absolute atomic E-state index is 0.0682. The Balaban J connectivity index is 2.12. The van der Waals surface area contributed by atoms with E-state index in [1.54, 1.807) is 6.07 Å². The van der Waals surface area contributed by atoms with Crippen LogP contribution in [0.3, 0.4) is 0 Å². The maximum absolute atomic E-state index is 10.6. The van der Waals surface area contributed by atoms with Crippen LogP contribution < -0.4 is 5.32 Å². The molecule has 1 N–H and O–H groups in total. The number of hydrogen-bond donors (Lipinski definition) is 1. The van der Waals surface area contributed by atoms with Crippen molar-refractivity contribution in [3.8, 4) is 0 Å². The van der Waals surface area contributed by atoms with Gasteiger partial charge in [-0.1, -0.05) is 0 Å². The van der Waals surface area contributed by atoms with Gasteiger partial charge >= 0.3 is 0 Å². The number of nitrogens with one attached hydrogen (secondary N) is 1. The van der Waals surface area contributed by atoms with Crippen LogP contribution in [-0.4, -0.2) is 23.0 Å². The summed E-state index contributed by atoms with van der Waals surface area (Å²) in [6.45, 7) is 1.88. The Bertz CT molecular complexity index is 430. The van der Waals surface area contributed by atoms with Crippen molar-refractivity contribution in [1.29, 1.82) is 0 Å². The molecule has 1 atom stereocenters. The standard InChI is InChI=1S/C12H17N3O2/c1-8-5-10(15(16)17)7-14-11(8)6-12(13-2)9-3-4-9/h5,7,9,12-13H,3-4,6H2,1-2H3. The first kappa shape index (κ1) is 12.0. The number of likely N-dealkylation sites (N-methyl/N-ethyl adjacent to an activating group) is 1. The van der Waals surface area contributed by atoms with Crippen molar-refractivity contribution in [3.05, 3.63) is 33.6 Å². The van der Waals surface area contributed by atoms with Crippen LogP contribution in [0.25, 0.3) is 0 Å². The fraction of sp³-hybridized carbons (Fsp3) is 0.583. The van der Waals surface area contributed by atoms with Crippen molar-refractivity contribution >= 4 is 5.69 Å². The number of hydrogen-bond acceptors (Lipinski definition) is 4. The molecule has 5 nitrogen and oxygen atoms in total. The van der Waals surface area contributed by atoms with Crippen molar-refractivity contribution in [1.82, 2.24) is 10.3 Å². The Kier molecular flexibility index (Phi) is 3.38. The monoisotopic (exact) mass is 235 g/mol. The van der Waals surface area contributed by atoms with Gasteiger partial charge in [-0.15, -0.1) is 0 Å². The first-order valence-corrected chi connectivity index (χ1v) is 5.89. The quantitative estimate of drug-likeness (QED) is 0.624. The van der Waals surface area contributed by atoms with Crippen LogP contribution in [0.4, 0.5) is 5.69 Å². The second kappa shape index (κ2) is 4.79. The van der Waals surface area contributed by atoms with E-state index in [1.807, 2.05) is 14.0 Å². The summed E-state index contributed by atoms with van der Waals surface area (Å²) < 4.78 is 0. The van der Waals surface area contributed by atoms with Gasteiger partial charge in [0.25, 0.3) is 5.69 Å². The van der Waals surface area contributed by atoms with E-state index in [9.17, 15) is 10.1 Å². The van der Waals surface area contributed by atoms with E-state index >= 15 is 0 Å². The number of nitro groups is 1. The minimum Gasteiger partial charge on any atom is -0.316 e. The van der Waals surface area contributed by atoms with Gasteiger partial charge in [0, 0.05) is 24.2 Å². The van der Waals surface area contributed by atoms with Gasteiger partial charge in [-0.25, -0.2) is 0 Å². The fourth-order valence-electron chi connectivity index (χ4n) is 2.11. The summed E-state index contributed by atoms with van der Waals surface area (Å²) in [7, 11) is 1.96. The van der Waals surface area contributed by atoms with Gasteiger partial charge in [-0.2, -0.15) is 0 Å². The number of pyridine rings is 1. The fourth-order valence-corrected chi connectivity index (χ4v) is 2.11. The van der Waals surface area contributed by atoms with Gasteiger partial charge < -0.3 is 5.32 Å².